The highest BCUT2D eigenvalue weighted by Crippen LogP contribution is 2.41. The fourth-order valence-corrected chi connectivity index (χ4v) is 7.94. The molecule has 1 unspecified atom stereocenters. The van der Waals surface area contributed by atoms with E-state index in [1.54, 1.807) is 0 Å². The summed E-state index contributed by atoms with van der Waals surface area (Å²) in [6, 6.07) is 55.5. The van der Waals surface area contributed by atoms with Gasteiger partial charge in [-0.05, 0) is 35.9 Å². The number of fused-ring (bicyclic) bond motifs is 11. The average molecular weight is 641 g/mol. The van der Waals surface area contributed by atoms with Crippen LogP contribution in [-0.2, 0) is 0 Å². The summed E-state index contributed by atoms with van der Waals surface area (Å²) in [5, 5.41) is 9.53. The topological polar surface area (TPSA) is 58.5 Å². The molecule has 1 aliphatic rings. The van der Waals surface area contributed by atoms with Crippen LogP contribution < -0.4 is 5.32 Å². The van der Waals surface area contributed by atoms with Gasteiger partial charge in [0.25, 0.3) is 0 Å². The van der Waals surface area contributed by atoms with E-state index in [1.807, 2.05) is 36.4 Å². The SMILES string of the molecule is c1ccc(C2=NC(c3ccc4c(n3)c3ccccc3n3c5ccccc5c5ccc6c7ccccc7n4c6c53)=NC(c3ccccc3)N2)cc1. The quantitative estimate of drug-likeness (QED) is 0.209. The molecule has 0 bridgehead atoms. The molecule has 0 saturated carbocycles. The molecule has 0 fully saturated rings. The number of para-hydroxylation sites is 3. The molecular formula is C44H28N6. The summed E-state index contributed by atoms with van der Waals surface area (Å²) >= 11 is 0. The number of benzene rings is 6. The molecule has 0 amide bonds. The maximum Gasteiger partial charge on any atom is 0.178 e. The number of nitrogens with zero attached hydrogens (tertiary/aromatic N) is 5. The molecule has 6 aromatic carbocycles. The molecule has 0 aliphatic carbocycles. The van der Waals surface area contributed by atoms with Crippen molar-refractivity contribution in [2.24, 2.45) is 9.98 Å². The molecule has 10 aromatic rings. The maximum absolute atomic E-state index is 5.51. The minimum absolute atomic E-state index is 0.311. The van der Waals surface area contributed by atoms with Crippen molar-refractivity contribution in [1.29, 1.82) is 0 Å². The van der Waals surface area contributed by atoms with Crippen LogP contribution in [0.5, 0.6) is 0 Å². The lowest BCUT2D eigenvalue weighted by atomic mass is 10.1. The van der Waals surface area contributed by atoms with Gasteiger partial charge in [0.2, 0.25) is 0 Å². The van der Waals surface area contributed by atoms with E-state index < -0.39 is 0 Å². The molecule has 234 valence electrons. The number of aromatic nitrogens is 3. The second kappa shape index (κ2) is 10.4. The first kappa shape index (κ1) is 27.2. The molecule has 0 radical (unpaired) electrons. The Hall–Kier alpha value is -6.79. The third-order valence-corrected chi connectivity index (χ3v) is 10.1. The third kappa shape index (κ3) is 3.81. The Labute approximate surface area is 286 Å². The summed E-state index contributed by atoms with van der Waals surface area (Å²) in [6.45, 7) is 0. The fourth-order valence-electron chi connectivity index (χ4n) is 7.94. The van der Waals surface area contributed by atoms with Crippen LogP contribution in [0.1, 0.15) is 23.0 Å². The van der Waals surface area contributed by atoms with Crippen molar-refractivity contribution in [2.45, 2.75) is 6.17 Å². The predicted molar refractivity (Wildman–Crippen MR) is 206 cm³/mol. The Bertz CT molecular complexity index is 3060. The maximum atomic E-state index is 5.51. The standard InChI is InChI=1S/C44H28N6/c1-3-13-27(14-4-1)42-46-43(28-15-5-2-6-16-28)48-44(47-42)34-25-26-38-39(45-34)33-19-9-12-22-37(33)49-35-20-10-7-17-29(35)31-23-24-32-30-18-8-11-21-36(30)50(38)41(32)40(31)49/h1-26,42H,(H,46,47,48). The lowest BCUT2D eigenvalue weighted by Gasteiger charge is -2.23. The Balaban J connectivity index is 1.30. The average Bonchev–Trinajstić information content (AvgIpc) is 3.70. The monoisotopic (exact) mass is 640 g/mol. The van der Waals surface area contributed by atoms with E-state index in [0.29, 0.717) is 5.84 Å². The zero-order valence-corrected chi connectivity index (χ0v) is 26.8. The van der Waals surface area contributed by atoms with Crippen molar-refractivity contribution in [1.82, 2.24) is 19.1 Å². The Morgan fingerprint density at radius 2 is 1.00 bits per heavy atom. The van der Waals surface area contributed by atoms with Crippen LogP contribution in [0.25, 0.3) is 65.5 Å². The van der Waals surface area contributed by atoms with Crippen molar-refractivity contribution >= 4 is 77.2 Å². The fraction of sp³-hybridized carbons (Fsp3) is 0.0227. The highest BCUT2D eigenvalue weighted by atomic mass is 15.2. The lowest BCUT2D eigenvalue weighted by molar-refractivity contribution is 0.674. The van der Waals surface area contributed by atoms with Gasteiger partial charge in [-0.25, -0.2) is 15.0 Å². The number of hydrogen-bond donors (Lipinski definition) is 1. The van der Waals surface area contributed by atoms with Gasteiger partial charge in [-0.2, -0.15) is 0 Å². The predicted octanol–water partition coefficient (Wildman–Crippen LogP) is 9.85. The molecule has 50 heavy (non-hydrogen) atoms. The smallest absolute Gasteiger partial charge is 0.178 e. The molecule has 1 N–H and O–H groups in total. The van der Waals surface area contributed by atoms with E-state index in [2.05, 4.69) is 135 Å². The second-order valence-electron chi connectivity index (χ2n) is 12.9. The number of amidine groups is 2. The zero-order chi connectivity index (χ0) is 32.8. The molecule has 4 aromatic heterocycles. The van der Waals surface area contributed by atoms with E-state index in [4.69, 9.17) is 15.0 Å². The van der Waals surface area contributed by atoms with Gasteiger partial charge in [0.15, 0.2) is 5.84 Å². The van der Waals surface area contributed by atoms with Gasteiger partial charge in [-0.3, -0.25) is 0 Å². The van der Waals surface area contributed by atoms with Crippen LogP contribution in [0.2, 0.25) is 0 Å². The van der Waals surface area contributed by atoms with Crippen LogP contribution in [0.3, 0.4) is 0 Å². The summed E-state index contributed by atoms with van der Waals surface area (Å²) in [6.07, 6.45) is -0.311. The summed E-state index contributed by atoms with van der Waals surface area (Å²) in [7, 11) is 0. The van der Waals surface area contributed by atoms with Gasteiger partial charge in [-0.15, -0.1) is 0 Å². The van der Waals surface area contributed by atoms with Crippen LogP contribution in [0.15, 0.2) is 168 Å². The van der Waals surface area contributed by atoms with Crippen LogP contribution in [-0.4, -0.2) is 25.5 Å². The van der Waals surface area contributed by atoms with Crippen molar-refractivity contribution in [3.05, 3.63) is 175 Å². The summed E-state index contributed by atoms with van der Waals surface area (Å²) in [5.41, 5.74) is 10.5. The number of pyridine rings is 1. The molecule has 0 spiro atoms. The molecule has 1 atom stereocenters. The molecule has 6 nitrogen and oxygen atoms in total. The van der Waals surface area contributed by atoms with E-state index in [-0.39, 0.29) is 6.17 Å². The lowest BCUT2D eigenvalue weighted by Crippen LogP contribution is -2.33. The number of hydrogen-bond acceptors (Lipinski definition) is 4. The Kier molecular flexibility index (Phi) is 5.63. The number of aliphatic imine (C=N–C) groups is 2. The van der Waals surface area contributed by atoms with Crippen molar-refractivity contribution in [3.63, 3.8) is 0 Å². The number of rotatable bonds is 3. The van der Waals surface area contributed by atoms with Crippen molar-refractivity contribution < 1.29 is 0 Å². The van der Waals surface area contributed by atoms with Crippen molar-refractivity contribution in [2.75, 3.05) is 0 Å². The van der Waals surface area contributed by atoms with Gasteiger partial charge >= 0.3 is 0 Å². The molecule has 5 heterocycles. The minimum atomic E-state index is -0.311. The van der Waals surface area contributed by atoms with Gasteiger partial charge in [0.1, 0.15) is 17.7 Å². The zero-order valence-electron chi connectivity index (χ0n) is 26.8. The molecule has 1 aliphatic heterocycles. The highest BCUT2D eigenvalue weighted by molar-refractivity contribution is 6.25. The second-order valence-corrected chi connectivity index (χ2v) is 12.9. The van der Waals surface area contributed by atoms with E-state index in [1.165, 1.54) is 38.1 Å². The Morgan fingerprint density at radius 3 is 1.66 bits per heavy atom. The molecule has 0 saturated heterocycles. The van der Waals surface area contributed by atoms with Gasteiger partial charge in [0, 0.05) is 32.5 Å². The summed E-state index contributed by atoms with van der Waals surface area (Å²) in [4.78, 5) is 15.8. The highest BCUT2D eigenvalue weighted by Gasteiger charge is 2.24. The Morgan fingerprint density at radius 1 is 0.460 bits per heavy atom. The summed E-state index contributed by atoms with van der Waals surface area (Å²) in [5.74, 6) is 1.36. The van der Waals surface area contributed by atoms with E-state index in [0.717, 1.165) is 50.1 Å². The minimum Gasteiger partial charge on any atom is -0.344 e. The largest absolute Gasteiger partial charge is 0.344 e. The number of nitrogens with one attached hydrogen (secondary N) is 1. The van der Waals surface area contributed by atoms with E-state index in [9.17, 15) is 0 Å². The van der Waals surface area contributed by atoms with Crippen LogP contribution in [0.4, 0.5) is 0 Å². The van der Waals surface area contributed by atoms with Gasteiger partial charge in [0.05, 0.1) is 38.6 Å². The first-order chi connectivity index (χ1) is 24.8. The normalized spacial score (nSPS) is 15.0. The first-order valence-corrected chi connectivity index (χ1v) is 16.9. The van der Waals surface area contributed by atoms with E-state index >= 15 is 0 Å². The van der Waals surface area contributed by atoms with Gasteiger partial charge < -0.3 is 14.1 Å². The molecule has 6 heteroatoms. The first-order valence-electron chi connectivity index (χ1n) is 16.9. The third-order valence-electron chi connectivity index (χ3n) is 10.1. The summed E-state index contributed by atoms with van der Waals surface area (Å²) < 4.78 is 4.86. The van der Waals surface area contributed by atoms with Crippen LogP contribution in [0, 0.1) is 0 Å². The molecular weight excluding hydrogens is 613 g/mol. The van der Waals surface area contributed by atoms with Crippen molar-refractivity contribution in [3.8, 4) is 0 Å². The van der Waals surface area contributed by atoms with Gasteiger partial charge in [-0.1, -0.05) is 127 Å². The molecule has 11 rings (SSSR count). The van der Waals surface area contributed by atoms with Crippen LogP contribution >= 0.6 is 0 Å².